The standard InChI is InChI=1S/C19H15F3N4O3/c20-13-2-1-10(7-14(13)21)26-9-12(19(28)29)16(27)11-8-15(22)18(24-17(11)26)25-5-3-23-4-6-25/h1-2,7-9,23H,3-6H2,(H,28,29). The lowest BCUT2D eigenvalue weighted by Gasteiger charge is -2.29. The maximum atomic E-state index is 14.7. The van der Waals surface area contributed by atoms with Gasteiger partial charge in [-0.15, -0.1) is 0 Å². The molecule has 7 nitrogen and oxygen atoms in total. The molecule has 0 amide bonds. The average Bonchev–Trinajstić information content (AvgIpc) is 2.71. The van der Waals surface area contributed by atoms with Crippen molar-refractivity contribution in [3.63, 3.8) is 0 Å². The number of aromatic nitrogens is 2. The number of halogens is 3. The summed E-state index contributed by atoms with van der Waals surface area (Å²) in [5.41, 5.74) is -1.56. The number of aromatic carboxylic acids is 1. The van der Waals surface area contributed by atoms with E-state index in [9.17, 15) is 27.9 Å². The Labute approximate surface area is 162 Å². The molecule has 0 atom stereocenters. The zero-order valence-electron chi connectivity index (χ0n) is 15.0. The number of hydrogen-bond acceptors (Lipinski definition) is 5. The molecule has 29 heavy (non-hydrogen) atoms. The summed E-state index contributed by atoms with van der Waals surface area (Å²) in [6, 6.07) is 3.87. The Hall–Kier alpha value is -3.40. The SMILES string of the molecule is O=C(O)c1cn(-c2ccc(F)c(F)c2)c2nc(N3CCNCC3)c(F)cc2c1=O. The van der Waals surface area contributed by atoms with Crippen LogP contribution in [0.1, 0.15) is 10.4 Å². The fourth-order valence-electron chi connectivity index (χ4n) is 3.30. The molecule has 1 fully saturated rings. The highest BCUT2D eigenvalue weighted by molar-refractivity contribution is 5.92. The number of nitrogens with zero attached hydrogens (tertiary/aromatic N) is 3. The van der Waals surface area contributed by atoms with Crippen LogP contribution >= 0.6 is 0 Å². The molecule has 0 spiro atoms. The molecule has 150 valence electrons. The van der Waals surface area contributed by atoms with Crippen molar-refractivity contribution >= 4 is 22.8 Å². The number of hydrogen-bond donors (Lipinski definition) is 2. The van der Waals surface area contributed by atoms with Gasteiger partial charge in [-0.05, 0) is 18.2 Å². The van der Waals surface area contributed by atoms with Crippen molar-refractivity contribution in [2.75, 3.05) is 31.1 Å². The Bertz CT molecular complexity index is 1190. The summed E-state index contributed by atoms with van der Waals surface area (Å²) in [5, 5.41) is 12.2. The van der Waals surface area contributed by atoms with Crippen LogP contribution in [-0.4, -0.2) is 46.8 Å². The lowest BCUT2D eigenvalue weighted by Crippen LogP contribution is -2.44. The van der Waals surface area contributed by atoms with Crippen LogP contribution in [0.4, 0.5) is 19.0 Å². The van der Waals surface area contributed by atoms with Gasteiger partial charge in [0.25, 0.3) is 0 Å². The molecule has 1 saturated heterocycles. The second-order valence-corrected chi connectivity index (χ2v) is 6.55. The Morgan fingerprint density at radius 1 is 1.07 bits per heavy atom. The quantitative estimate of drug-likeness (QED) is 0.694. The Morgan fingerprint density at radius 2 is 1.79 bits per heavy atom. The van der Waals surface area contributed by atoms with E-state index in [-0.39, 0.29) is 22.5 Å². The van der Waals surface area contributed by atoms with Crippen LogP contribution in [0.5, 0.6) is 0 Å². The van der Waals surface area contributed by atoms with Crippen LogP contribution in [0.15, 0.2) is 35.3 Å². The van der Waals surface area contributed by atoms with Crippen molar-refractivity contribution in [3.8, 4) is 5.69 Å². The predicted octanol–water partition coefficient (Wildman–Crippen LogP) is 1.91. The lowest BCUT2D eigenvalue weighted by molar-refractivity contribution is 0.0695. The smallest absolute Gasteiger partial charge is 0.341 e. The van der Waals surface area contributed by atoms with Crippen molar-refractivity contribution in [1.82, 2.24) is 14.9 Å². The minimum Gasteiger partial charge on any atom is -0.477 e. The topological polar surface area (TPSA) is 87.5 Å². The summed E-state index contributed by atoms with van der Waals surface area (Å²) in [5.74, 6) is -4.54. The van der Waals surface area contributed by atoms with Gasteiger partial charge < -0.3 is 19.9 Å². The van der Waals surface area contributed by atoms with E-state index in [1.807, 2.05) is 0 Å². The molecular weight excluding hydrogens is 389 g/mol. The van der Waals surface area contributed by atoms with Gasteiger partial charge in [-0.2, -0.15) is 0 Å². The van der Waals surface area contributed by atoms with Gasteiger partial charge in [-0.25, -0.2) is 22.9 Å². The van der Waals surface area contributed by atoms with Gasteiger partial charge in [0.2, 0.25) is 5.43 Å². The molecule has 0 aliphatic carbocycles. The lowest BCUT2D eigenvalue weighted by atomic mass is 10.1. The third-order valence-corrected chi connectivity index (χ3v) is 4.74. The van der Waals surface area contributed by atoms with Crippen LogP contribution in [0.2, 0.25) is 0 Å². The Kier molecular flexibility index (Phi) is 4.71. The molecule has 0 unspecified atom stereocenters. The van der Waals surface area contributed by atoms with Crippen molar-refractivity contribution in [2.45, 2.75) is 0 Å². The number of rotatable bonds is 3. The molecule has 4 rings (SSSR count). The maximum Gasteiger partial charge on any atom is 0.341 e. The maximum absolute atomic E-state index is 14.7. The molecule has 10 heteroatoms. The second kappa shape index (κ2) is 7.21. The van der Waals surface area contributed by atoms with Crippen LogP contribution < -0.4 is 15.6 Å². The minimum absolute atomic E-state index is 0.00203. The molecule has 1 aromatic carbocycles. The highest BCUT2D eigenvalue weighted by atomic mass is 19.2. The van der Waals surface area contributed by atoms with E-state index >= 15 is 0 Å². The summed E-state index contributed by atoms with van der Waals surface area (Å²) >= 11 is 0. The fraction of sp³-hybridized carbons (Fsp3) is 0.211. The molecular formula is C19H15F3N4O3. The number of carbonyl (C=O) groups is 1. The molecule has 1 aliphatic heterocycles. The third-order valence-electron chi connectivity index (χ3n) is 4.74. The van der Waals surface area contributed by atoms with E-state index in [1.165, 1.54) is 6.07 Å². The molecule has 3 aromatic rings. The van der Waals surface area contributed by atoms with Gasteiger partial charge in [0.05, 0.1) is 11.1 Å². The fourth-order valence-corrected chi connectivity index (χ4v) is 3.30. The first kappa shape index (κ1) is 18.9. The highest BCUT2D eigenvalue weighted by Crippen LogP contribution is 2.24. The van der Waals surface area contributed by atoms with Crippen molar-refractivity contribution in [2.24, 2.45) is 0 Å². The number of piperazine rings is 1. The summed E-state index contributed by atoms with van der Waals surface area (Å²) in [6.45, 7) is 2.20. The largest absolute Gasteiger partial charge is 0.477 e. The molecule has 2 N–H and O–H groups in total. The van der Waals surface area contributed by atoms with E-state index in [0.29, 0.717) is 26.2 Å². The van der Waals surface area contributed by atoms with Gasteiger partial charge in [0.15, 0.2) is 28.9 Å². The van der Waals surface area contributed by atoms with Gasteiger partial charge in [-0.3, -0.25) is 4.79 Å². The van der Waals surface area contributed by atoms with E-state index in [1.54, 1.807) is 4.90 Å². The second-order valence-electron chi connectivity index (χ2n) is 6.55. The zero-order valence-corrected chi connectivity index (χ0v) is 15.0. The summed E-state index contributed by atoms with van der Waals surface area (Å²) in [4.78, 5) is 30.0. The number of carboxylic acid groups (broad SMARTS) is 1. The van der Waals surface area contributed by atoms with Crippen LogP contribution in [-0.2, 0) is 0 Å². The molecule has 1 aliphatic rings. The number of carboxylic acids is 1. The van der Waals surface area contributed by atoms with Crippen molar-refractivity contribution in [3.05, 3.63) is 63.7 Å². The molecule has 0 radical (unpaired) electrons. The monoisotopic (exact) mass is 404 g/mol. The van der Waals surface area contributed by atoms with Gasteiger partial charge in [0.1, 0.15) is 5.56 Å². The predicted molar refractivity (Wildman–Crippen MR) is 99.3 cm³/mol. The van der Waals surface area contributed by atoms with Gasteiger partial charge >= 0.3 is 5.97 Å². The van der Waals surface area contributed by atoms with E-state index in [4.69, 9.17) is 0 Å². The van der Waals surface area contributed by atoms with Crippen LogP contribution in [0.3, 0.4) is 0 Å². The number of benzene rings is 1. The zero-order chi connectivity index (χ0) is 20.7. The summed E-state index contributed by atoms with van der Waals surface area (Å²) < 4.78 is 43.0. The first-order valence-electron chi connectivity index (χ1n) is 8.77. The van der Waals surface area contributed by atoms with E-state index < -0.39 is 34.4 Å². The first-order valence-corrected chi connectivity index (χ1v) is 8.77. The summed E-state index contributed by atoms with van der Waals surface area (Å²) in [7, 11) is 0. The van der Waals surface area contributed by atoms with Gasteiger partial charge in [0, 0.05) is 38.4 Å². The average molecular weight is 404 g/mol. The van der Waals surface area contributed by atoms with Crippen molar-refractivity contribution < 1.29 is 23.1 Å². The minimum atomic E-state index is -1.53. The van der Waals surface area contributed by atoms with Crippen molar-refractivity contribution in [1.29, 1.82) is 0 Å². The molecule has 3 heterocycles. The molecule has 0 bridgehead atoms. The Balaban J connectivity index is 2.03. The number of pyridine rings is 2. The highest BCUT2D eigenvalue weighted by Gasteiger charge is 2.22. The third kappa shape index (κ3) is 3.31. The molecule has 2 aromatic heterocycles. The van der Waals surface area contributed by atoms with Gasteiger partial charge in [-0.1, -0.05) is 0 Å². The van der Waals surface area contributed by atoms with Crippen LogP contribution in [0.25, 0.3) is 16.7 Å². The summed E-state index contributed by atoms with van der Waals surface area (Å²) in [6.07, 6.45) is 0.978. The number of fused-ring (bicyclic) bond motifs is 1. The normalized spacial score (nSPS) is 14.4. The number of nitrogens with one attached hydrogen (secondary N) is 1. The number of anilines is 1. The Morgan fingerprint density at radius 3 is 2.45 bits per heavy atom. The van der Waals surface area contributed by atoms with Crippen LogP contribution in [0, 0.1) is 17.5 Å². The van der Waals surface area contributed by atoms with E-state index in [2.05, 4.69) is 10.3 Å². The molecule has 0 saturated carbocycles. The van der Waals surface area contributed by atoms with E-state index in [0.717, 1.165) is 29.0 Å². The first-order chi connectivity index (χ1) is 13.9.